The number of benzene rings is 1. The zero-order valence-electron chi connectivity index (χ0n) is 14.0. The van der Waals surface area contributed by atoms with Crippen LogP contribution in [0.15, 0.2) is 18.2 Å². The van der Waals surface area contributed by atoms with Crippen LogP contribution in [-0.4, -0.2) is 37.1 Å². The van der Waals surface area contributed by atoms with Gasteiger partial charge in [-0.25, -0.2) is 0 Å². The second kappa shape index (κ2) is 7.62. The molecule has 1 aromatic carbocycles. The number of rotatable bonds is 6. The molecular formula is C18H30ClN2+. The summed E-state index contributed by atoms with van der Waals surface area (Å²) in [6.07, 6.45) is 1.09. The van der Waals surface area contributed by atoms with E-state index < -0.39 is 0 Å². The third kappa shape index (κ3) is 4.00. The first-order chi connectivity index (χ1) is 10.0. The summed E-state index contributed by atoms with van der Waals surface area (Å²) in [5.41, 5.74) is 4.61. The Kier molecular flexibility index (Phi) is 6.09. The van der Waals surface area contributed by atoms with Gasteiger partial charge in [-0.2, -0.15) is 0 Å². The molecule has 1 aliphatic heterocycles. The van der Waals surface area contributed by atoms with Crippen LogP contribution in [0.25, 0.3) is 0 Å². The summed E-state index contributed by atoms with van der Waals surface area (Å²) in [5, 5.41) is 0. The monoisotopic (exact) mass is 309 g/mol. The standard InChI is InChI=1S/C18H29ClN2/c1-14(2)16-7-5-8-17(15(3)4)18(16)21-12-11-20(13-21)10-6-9-19/h5,7-8,14-15H,6,9-13H2,1-4H3/p+1. The van der Waals surface area contributed by atoms with Crippen molar-refractivity contribution in [2.24, 2.45) is 0 Å². The fourth-order valence-corrected chi connectivity index (χ4v) is 3.48. The molecule has 1 N–H and O–H groups in total. The number of hydrogen-bond donors (Lipinski definition) is 1. The van der Waals surface area contributed by atoms with Gasteiger partial charge in [-0.05, 0) is 18.3 Å². The molecule has 2 rings (SSSR count). The second-order valence-corrected chi connectivity index (χ2v) is 7.17. The first kappa shape index (κ1) is 16.8. The van der Waals surface area contributed by atoms with Crippen LogP contribution in [0.5, 0.6) is 0 Å². The van der Waals surface area contributed by atoms with Gasteiger partial charge < -0.3 is 0 Å². The Balaban J connectivity index is 2.26. The van der Waals surface area contributed by atoms with Crippen molar-refractivity contribution in [3.63, 3.8) is 0 Å². The van der Waals surface area contributed by atoms with E-state index in [1.54, 1.807) is 10.6 Å². The summed E-state index contributed by atoms with van der Waals surface area (Å²) in [4.78, 5) is 4.19. The molecule has 2 nitrogen and oxygen atoms in total. The lowest BCUT2D eigenvalue weighted by Crippen LogP contribution is -3.06. The van der Waals surface area contributed by atoms with Gasteiger partial charge in [0.2, 0.25) is 0 Å². The van der Waals surface area contributed by atoms with Crippen molar-refractivity contribution in [3.05, 3.63) is 29.3 Å². The highest BCUT2D eigenvalue weighted by Crippen LogP contribution is 2.29. The third-order valence-electron chi connectivity index (χ3n) is 4.48. The van der Waals surface area contributed by atoms with Crippen LogP contribution in [0.1, 0.15) is 57.1 Å². The summed E-state index contributed by atoms with van der Waals surface area (Å²) in [5.74, 6) is 1.94. The molecule has 118 valence electrons. The van der Waals surface area contributed by atoms with Crippen molar-refractivity contribution in [1.29, 1.82) is 0 Å². The van der Waals surface area contributed by atoms with Crippen LogP contribution in [0.4, 0.5) is 5.69 Å². The number of halogens is 1. The van der Waals surface area contributed by atoms with Crippen molar-refractivity contribution >= 4 is 17.3 Å². The molecule has 1 aliphatic rings. The molecule has 1 aromatic rings. The molecule has 0 bridgehead atoms. The first-order valence-corrected chi connectivity index (χ1v) is 8.84. The number of hydrogen-bond acceptors (Lipinski definition) is 1. The summed E-state index contributed by atoms with van der Waals surface area (Å²) in [7, 11) is 0. The highest BCUT2D eigenvalue weighted by Gasteiger charge is 2.30. The quantitative estimate of drug-likeness (QED) is 0.792. The van der Waals surface area contributed by atoms with Crippen molar-refractivity contribution in [3.8, 4) is 0 Å². The van der Waals surface area contributed by atoms with Gasteiger partial charge in [0.25, 0.3) is 0 Å². The fourth-order valence-electron chi connectivity index (χ4n) is 3.36. The zero-order chi connectivity index (χ0) is 15.4. The van der Waals surface area contributed by atoms with Crippen LogP contribution in [0.3, 0.4) is 0 Å². The Bertz CT molecular complexity index is 430. The summed E-state index contributed by atoms with van der Waals surface area (Å²) in [6.45, 7) is 13.9. The maximum absolute atomic E-state index is 5.83. The van der Waals surface area contributed by atoms with Crippen LogP contribution < -0.4 is 4.90 Å². The van der Waals surface area contributed by atoms with Crippen LogP contribution in [0, 0.1) is 0 Å². The molecule has 0 saturated carbocycles. The Labute approximate surface area is 135 Å². The molecule has 0 radical (unpaired) electrons. The van der Waals surface area contributed by atoms with Gasteiger partial charge in [-0.1, -0.05) is 45.9 Å². The Morgan fingerprint density at radius 3 is 2.29 bits per heavy atom. The molecule has 1 atom stereocenters. The number of nitrogens with zero attached hydrogens (tertiary/aromatic N) is 1. The van der Waals surface area contributed by atoms with Gasteiger partial charge in [0.05, 0.1) is 13.1 Å². The second-order valence-electron chi connectivity index (χ2n) is 6.79. The lowest BCUT2D eigenvalue weighted by Gasteiger charge is -2.23. The Hall–Kier alpha value is -0.570. The molecule has 1 fully saturated rings. The number of quaternary nitrogens is 1. The van der Waals surface area contributed by atoms with E-state index in [9.17, 15) is 0 Å². The van der Waals surface area contributed by atoms with E-state index in [0.29, 0.717) is 11.8 Å². The van der Waals surface area contributed by atoms with Gasteiger partial charge in [0, 0.05) is 23.6 Å². The van der Waals surface area contributed by atoms with E-state index in [0.717, 1.165) is 25.5 Å². The maximum Gasteiger partial charge on any atom is 0.139 e. The van der Waals surface area contributed by atoms with Crippen molar-refractivity contribution in [2.45, 2.75) is 46.0 Å². The third-order valence-corrected chi connectivity index (χ3v) is 4.75. The molecular weight excluding hydrogens is 280 g/mol. The Morgan fingerprint density at radius 2 is 1.76 bits per heavy atom. The normalized spacial score (nSPS) is 19.9. The van der Waals surface area contributed by atoms with E-state index in [4.69, 9.17) is 11.6 Å². The minimum atomic E-state index is 0.586. The average Bonchev–Trinajstić information content (AvgIpc) is 2.92. The molecule has 0 aromatic heterocycles. The molecule has 1 heterocycles. The molecule has 1 unspecified atom stereocenters. The van der Waals surface area contributed by atoms with E-state index in [1.165, 1.54) is 24.2 Å². The highest BCUT2D eigenvalue weighted by atomic mass is 35.5. The molecule has 1 saturated heterocycles. The van der Waals surface area contributed by atoms with Gasteiger partial charge in [0.1, 0.15) is 12.4 Å². The average molecular weight is 310 g/mol. The molecule has 3 heteroatoms. The van der Waals surface area contributed by atoms with Crippen molar-refractivity contribution < 1.29 is 4.90 Å². The predicted octanol–water partition coefficient (Wildman–Crippen LogP) is 3.35. The minimum Gasteiger partial charge on any atom is -0.288 e. The van der Waals surface area contributed by atoms with Crippen molar-refractivity contribution in [2.75, 3.05) is 32.2 Å². The van der Waals surface area contributed by atoms with Gasteiger partial charge in [-0.15, -0.1) is 11.6 Å². The molecule has 21 heavy (non-hydrogen) atoms. The number of nitrogens with one attached hydrogen (secondary N) is 1. The van der Waals surface area contributed by atoms with E-state index >= 15 is 0 Å². The lowest BCUT2D eigenvalue weighted by molar-refractivity contribution is -0.824. The number of para-hydroxylation sites is 1. The SMILES string of the molecule is CC(C)c1cccc(C(C)C)c1[NH+]1CCN(CCCCl)C1. The molecule has 0 spiro atoms. The highest BCUT2D eigenvalue weighted by molar-refractivity contribution is 6.17. The van der Waals surface area contributed by atoms with E-state index in [1.807, 2.05) is 0 Å². The number of alkyl halides is 1. The van der Waals surface area contributed by atoms with Gasteiger partial charge >= 0.3 is 0 Å². The maximum atomic E-state index is 5.83. The largest absolute Gasteiger partial charge is 0.288 e. The first-order valence-electron chi connectivity index (χ1n) is 8.30. The van der Waals surface area contributed by atoms with E-state index in [2.05, 4.69) is 50.8 Å². The predicted molar refractivity (Wildman–Crippen MR) is 91.9 cm³/mol. The van der Waals surface area contributed by atoms with Crippen LogP contribution in [-0.2, 0) is 0 Å². The topological polar surface area (TPSA) is 7.68 Å². The summed E-state index contributed by atoms with van der Waals surface area (Å²) < 4.78 is 0. The van der Waals surface area contributed by atoms with Crippen LogP contribution >= 0.6 is 11.6 Å². The fraction of sp³-hybridized carbons (Fsp3) is 0.667. The molecule has 0 amide bonds. The van der Waals surface area contributed by atoms with E-state index in [-0.39, 0.29) is 0 Å². The molecule has 0 aliphatic carbocycles. The van der Waals surface area contributed by atoms with Gasteiger partial charge in [0.15, 0.2) is 0 Å². The minimum absolute atomic E-state index is 0.586. The lowest BCUT2D eigenvalue weighted by atomic mass is 9.92. The van der Waals surface area contributed by atoms with Crippen LogP contribution in [0.2, 0.25) is 0 Å². The summed E-state index contributed by atoms with van der Waals surface area (Å²) in [6, 6.07) is 6.87. The van der Waals surface area contributed by atoms with Crippen molar-refractivity contribution in [1.82, 2.24) is 4.90 Å². The van der Waals surface area contributed by atoms with Gasteiger partial charge in [-0.3, -0.25) is 9.80 Å². The smallest absolute Gasteiger partial charge is 0.139 e. The summed E-state index contributed by atoms with van der Waals surface area (Å²) >= 11 is 5.83. The Morgan fingerprint density at radius 1 is 1.14 bits per heavy atom. The zero-order valence-corrected chi connectivity index (χ0v) is 14.7.